The number of carbonyl (C=O) groups excluding carboxylic acids is 2. The molecule has 0 fully saturated rings. The zero-order chi connectivity index (χ0) is 23.8. The normalized spacial score (nSPS) is 10.6. The molecule has 0 radical (unpaired) electrons. The van der Waals surface area contributed by atoms with Crippen molar-refractivity contribution in [1.82, 2.24) is 0 Å². The van der Waals surface area contributed by atoms with Crippen molar-refractivity contribution in [3.8, 4) is 17.6 Å². The highest BCUT2D eigenvalue weighted by Crippen LogP contribution is 2.29. The fourth-order valence-corrected chi connectivity index (χ4v) is 2.77. The van der Waals surface area contributed by atoms with E-state index in [1.54, 1.807) is 54.6 Å². The fourth-order valence-electron chi connectivity index (χ4n) is 2.77. The first-order chi connectivity index (χ1) is 15.9. The Balaban J connectivity index is 1.72. The molecule has 33 heavy (non-hydrogen) atoms. The van der Waals surface area contributed by atoms with Crippen molar-refractivity contribution in [2.75, 3.05) is 12.4 Å². The van der Waals surface area contributed by atoms with E-state index in [0.29, 0.717) is 16.9 Å². The predicted octanol–water partition coefficient (Wildman–Crippen LogP) is 4.37. The minimum atomic E-state index is -0.718. The smallest absolute Gasteiger partial charge is 0.343 e. The first-order valence-corrected chi connectivity index (χ1v) is 9.54. The third-order valence-electron chi connectivity index (χ3n) is 4.42. The van der Waals surface area contributed by atoms with Gasteiger partial charge in [-0.3, -0.25) is 14.9 Å². The summed E-state index contributed by atoms with van der Waals surface area (Å²) < 4.78 is 10.4. The molecule has 0 unspecified atom stereocenters. The van der Waals surface area contributed by atoms with Crippen LogP contribution in [-0.2, 0) is 4.79 Å². The van der Waals surface area contributed by atoms with E-state index < -0.39 is 16.8 Å². The molecule has 9 heteroatoms. The van der Waals surface area contributed by atoms with Gasteiger partial charge >= 0.3 is 5.97 Å². The van der Waals surface area contributed by atoms with Crippen LogP contribution in [0, 0.1) is 21.4 Å². The lowest BCUT2D eigenvalue weighted by Gasteiger charge is -2.09. The third-order valence-corrected chi connectivity index (χ3v) is 4.42. The molecule has 0 heterocycles. The van der Waals surface area contributed by atoms with E-state index in [1.807, 2.05) is 6.07 Å². The number of nitrogens with one attached hydrogen (secondary N) is 1. The Morgan fingerprint density at radius 1 is 1.06 bits per heavy atom. The zero-order valence-corrected chi connectivity index (χ0v) is 17.3. The van der Waals surface area contributed by atoms with Gasteiger partial charge in [0.1, 0.15) is 23.1 Å². The molecule has 3 aromatic carbocycles. The molecule has 0 atom stereocenters. The molecule has 164 valence electrons. The fraction of sp³-hybridized carbons (Fsp3) is 0.0417. The number of amides is 1. The summed E-state index contributed by atoms with van der Waals surface area (Å²) in [5.74, 6) is -0.837. The van der Waals surface area contributed by atoms with Crippen LogP contribution in [0.4, 0.5) is 11.4 Å². The number of methoxy groups -OCH3 is 1. The van der Waals surface area contributed by atoms with Gasteiger partial charge in [-0.1, -0.05) is 30.3 Å². The van der Waals surface area contributed by atoms with E-state index in [1.165, 1.54) is 31.4 Å². The zero-order valence-electron chi connectivity index (χ0n) is 17.3. The Hall–Kier alpha value is -4.97. The standard InChI is InChI=1S/C24H17N3O6/c1-32-22-14-19(27(30)31)9-12-21(22)26-23(28)18(15-25)13-16-7-10-20(11-8-16)33-24(29)17-5-3-2-4-6-17/h2-14H,1H3,(H,26,28)/b18-13-. The third kappa shape index (κ3) is 5.80. The van der Waals surface area contributed by atoms with Gasteiger partial charge in [-0.2, -0.15) is 5.26 Å². The molecule has 0 aromatic heterocycles. The Kier molecular flexibility index (Phi) is 7.13. The number of carbonyl (C=O) groups is 2. The number of nitrogens with zero attached hydrogens (tertiary/aromatic N) is 2. The molecule has 1 N–H and O–H groups in total. The summed E-state index contributed by atoms with van der Waals surface area (Å²) in [4.78, 5) is 35.0. The number of hydrogen-bond donors (Lipinski definition) is 1. The van der Waals surface area contributed by atoms with E-state index in [9.17, 15) is 25.0 Å². The van der Waals surface area contributed by atoms with Crippen molar-refractivity contribution in [1.29, 1.82) is 5.26 Å². The van der Waals surface area contributed by atoms with Crippen LogP contribution in [0.2, 0.25) is 0 Å². The highest BCUT2D eigenvalue weighted by Gasteiger charge is 2.16. The molecular weight excluding hydrogens is 426 g/mol. The number of rotatable bonds is 7. The number of nitriles is 1. The molecule has 0 saturated heterocycles. The first-order valence-electron chi connectivity index (χ1n) is 9.54. The van der Waals surface area contributed by atoms with Crippen LogP contribution in [0.25, 0.3) is 6.08 Å². The topological polar surface area (TPSA) is 132 Å². The van der Waals surface area contributed by atoms with Crippen molar-refractivity contribution in [3.05, 3.63) is 99.6 Å². The predicted molar refractivity (Wildman–Crippen MR) is 120 cm³/mol. The molecule has 0 bridgehead atoms. The van der Waals surface area contributed by atoms with Gasteiger partial charge < -0.3 is 14.8 Å². The van der Waals surface area contributed by atoms with Gasteiger partial charge in [-0.25, -0.2) is 4.79 Å². The molecule has 1 amide bonds. The molecule has 3 rings (SSSR count). The average Bonchev–Trinajstić information content (AvgIpc) is 2.84. The molecule has 0 aliphatic carbocycles. The van der Waals surface area contributed by atoms with E-state index in [2.05, 4.69) is 5.32 Å². The quantitative estimate of drug-likeness (QED) is 0.143. The number of ether oxygens (including phenoxy) is 2. The second-order valence-electron chi connectivity index (χ2n) is 6.59. The number of non-ortho nitro benzene ring substituents is 1. The van der Waals surface area contributed by atoms with Crippen LogP contribution in [0.15, 0.2) is 78.4 Å². The van der Waals surface area contributed by atoms with Crippen molar-refractivity contribution >= 4 is 29.3 Å². The maximum atomic E-state index is 12.5. The van der Waals surface area contributed by atoms with Crippen LogP contribution < -0.4 is 14.8 Å². The van der Waals surface area contributed by atoms with Crippen LogP contribution in [-0.4, -0.2) is 23.9 Å². The lowest BCUT2D eigenvalue weighted by Crippen LogP contribution is -2.14. The molecule has 3 aromatic rings. The van der Waals surface area contributed by atoms with E-state index in [0.717, 1.165) is 0 Å². The maximum absolute atomic E-state index is 12.5. The monoisotopic (exact) mass is 443 g/mol. The van der Waals surface area contributed by atoms with Crippen molar-refractivity contribution in [2.45, 2.75) is 0 Å². The van der Waals surface area contributed by atoms with Gasteiger partial charge in [0.2, 0.25) is 0 Å². The lowest BCUT2D eigenvalue weighted by atomic mass is 10.1. The number of nitro groups is 1. The average molecular weight is 443 g/mol. The Morgan fingerprint density at radius 3 is 2.36 bits per heavy atom. The number of esters is 1. The van der Waals surface area contributed by atoms with Crippen molar-refractivity contribution in [3.63, 3.8) is 0 Å². The summed E-state index contributed by atoms with van der Waals surface area (Å²) in [6.07, 6.45) is 1.36. The molecule has 0 spiro atoms. The highest BCUT2D eigenvalue weighted by atomic mass is 16.6. The Bertz CT molecular complexity index is 1260. The molecular formula is C24H17N3O6. The van der Waals surface area contributed by atoms with Gasteiger partial charge in [0, 0.05) is 6.07 Å². The van der Waals surface area contributed by atoms with Crippen LogP contribution >= 0.6 is 0 Å². The van der Waals surface area contributed by atoms with E-state index >= 15 is 0 Å². The van der Waals surface area contributed by atoms with Crippen LogP contribution in [0.5, 0.6) is 11.5 Å². The number of nitro benzene ring substituents is 1. The molecule has 9 nitrogen and oxygen atoms in total. The summed E-state index contributed by atoms with van der Waals surface area (Å²) in [7, 11) is 1.31. The SMILES string of the molecule is COc1cc([N+](=O)[O-])ccc1NC(=O)/C(C#N)=C\c1ccc(OC(=O)c2ccccc2)cc1. The first kappa shape index (κ1) is 22.7. The number of hydrogen-bond acceptors (Lipinski definition) is 7. The van der Waals surface area contributed by atoms with E-state index in [-0.39, 0.29) is 22.7 Å². The van der Waals surface area contributed by atoms with E-state index in [4.69, 9.17) is 9.47 Å². The molecule has 0 aliphatic heterocycles. The summed E-state index contributed by atoms with van der Waals surface area (Å²) >= 11 is 0. The van der Waals surface area contributed by atoms with Gasteiger partial charge in [-0.15, -0.1) is 0 Å². The van der Waals surface area contributed by atoms with Crippen LogP contribution in [0.1, 0.15) is 15.9 Å². The van der Waals surface area contributed by atoms with Crippen LogP contribution in [0.3, 0.4) is 0 Å². The summed E-state index contributed by atoms with van der Waals surface area (Å²) in [5.41, 5.74) is 0.708. The van der Waals surface area contributed by atoms with Gasteiger partial charge in [0.25, 0.3) is 11.6 Å². The summed E-state index contributed by atoms with van der Waals surface area (Å²) in [6, 6.07) is 20.3. The minimum Gasteiger partial charge on any atom is -0.494 e. The maximum Gasteiger partial charge on any atom is 0.343 e. The summed E-state index contributed by atoms with van der Waals surface area (Å²) in [6.45, 7) is 0. The number of benzene rings is 3. The van der Waals surface area contributed by atoms with Gasteiger partial charge in [-0.05, 0) is 42.0 Å². The second kappa shape index (κ2) is 10.4. The van der Waals surface area contributed by atoms with Crippen molar-refractivity contribution in [2.24, 2.45) is 0 Å². The second-order valence-corrected chi connectivity index (χ2v) is 6.59. The molecule has 0 saturated carbocycles. The largest absolute Gasteiger partial charge is 0.494 e. The number of anilines is 1. The van der Waals surface area contributed by atoms with Crippen molar-refractivity contribution < 1.29 is 24.0 Å². The summed E-state index contributed by atoms with van der Waals surface area (Å²) in [5, 5.41) is 22.8. The Morgan fingerprint density at radius 2 is 1.76 bits per heavy atom. The minimum absolute atomic E-state index is 0.0828. The van der Waals surface area contributed by atoms with Gasteiger partial charge in [0.15, 0.2) is 0 Å². The Labute approximate surface area is 188 Å². The van der Waals surface area contributed by atoms with Gasteiger partial charge in [0.05, 0.1) is 29.4 Å². The molecule has 0 aliphatic rings. The lowest BCUT2D eigenvalue weighted by molar-refractivity contribution is -0.384. The highest BCUT2D eigenvalue weighted by molar-refractivity contribution is 6.10.